The molecule has 2 aliphatic rings. The molecule has 104 valence electrons. The molecular weight excluding hydrogens is 230 g/mol. The second kappa shape index (κ2) is 6.95. The molecule has 0 unspecified atom stereocenters. The number of rotatable bonds is 3. The Morgan fingerprint density at radius 3 is 2.44 bits per heavy atom. The third kappa shape index (κ3) is 3.85. The number of hydrogen-bond donors (Lipinski definition) is 1. The van der Waals surface area contributed by atoms with Gasteiger partial charge in [0.1, 0.15) is 0 Å². The molecule has 2 rings (SSSR count). The second-order valence-electron chi connectivity index (χ2n) is 5.14. The molecule has 1 amide bonds. The predicted octanol–water partition coefficient (Wildman–Crippen LogP) is 1.60. The SMILES string of the molecule is CCOC(=O)N1CCC(NN2CCCCC2)CC1. The number of hydrazine groups is 1. The molecule has 1 N–H and O–H groups in total. The number of carbonyl (C=O) groups is 1. The molecule has 2 fully saturated rings. The summed E-state index contributed by atoms with van der Waals surface area (Å²) >= 11 is 0. The number of ether oxygens (including phenoxy) is 1. The van der Waals surface area contributed by atoms with Crippen molar-refractivity contribution in [3.8, 4) is 0 Å². The first kappa shape index (κ1) is 13.6. The van der Waals surface area contributed by atoms with Crippen molar-refractivity contribution in [3.63, 3.8) is 0 Å². The van der Waals surface area contributed by atoms with E-state index in [1.807, 2.05) is 11.8 Å². The average molecular weight is 255 g/mol. The smallest absolute Gasteiger partial charge is 0.409 e. The zero-order chi connectivity index (χ0) is 12.8. The Kier molecular flexibility index (Phi) is 5.26. The van der Waals surface area contributed by atoms with E-state index in [0.29, 0.717) is 12.6 Å². The van der Waals surface area contributed by atoms with Gasteiger partial charge in [-0.2, -0.15) is 0 Å². The fourth-order valence-corrected chi connectivity index (χ4v) is 2.69. The van der Waals surface area contributed by atoms with Crippen LogP contribution in [0, 0.1) is 0 Å². The maximum atomic E-state index is 11.6. The van der Waals surface area contributed by atoms with E-state index in [4.69, 9.17) is 4.74 Å². The van der Waals surface area contributed by atoms with E-state index < -0.39 is 0 Å². The number of amides is 1. The lowest BCUT2D eigenvalue weighted by atomic mass is 10.1. The van der Waals surface area contributed by atoms with Crippen molar-refractivity contribution >= 4 is 6.09 Å². The van der Waals surface area contributed by atoms with E-state index in [1.54, 1.807) is 0 Å². The van der Waals surface area contributed by atoms with Gasteiger partial charge in [0, 0.05) is 32.2 Å². The van der Waals surface area contributed by atoms with Gasteiger partial charge in [0.05, 0.1) is 6.61 Å². The van der Waals surface area contributed by atoms with Gasteiger partial charge in [0.25, 0.3) is 0 Å². The van der Waals surface area contributed by atoms with Crippen molar-refractivity contribution in [2.75, 3.05) is 32.8 Å². The molecule has 0 aromatic carbocycles. The Balaban J connectivity index is 1.68. The van der Waals surface area contributed by atoms with Crippen LogP contribution in [-0.4, -0.2) is 54.8 Å². The van der Waals surface area contributed by atoms with Crippen LogP contribution in [-0.2, 0) is 4.74 Å². The summed E-state index contributed by atoms with van der Waals surface area (Å²) < 4.78 is 5.02. The van der Waals surface area contributed by atoms with Crippen LogP contribution in [0.4, 0.5) is 4.79 Å². The Bertz CT molecular complexity index is 259. The summed E-state index contributed by atoms with van der Waals surface area (Å²) in [7, 11) is 0. The lowest BCUT2D eigenvalue weighted by Crippen LogP contribution is -2.52. The van der Waals surface area contributed by atoms with Gasteiger partial charge in [-0.3, -0.25) is 5.43 Å². The van der Waals surface area contributed by atoms with Gasteiger partial charge >= 0.3 is 6.09 Å². The lowest BCUT2D eigenvalue weighted by Gasteiger charge is -2.36. The van der Waals surface area contributed by atoms with Crippen LogP contribution < -0.4 is 5.43 Å². The zero-order valence-electron chi connectivity index (χ0n) is 11.4. The van der Waals surface area contributed by atoms with Crippen molar-refractivity contribution in [3.05, 3.63) is 0 Å². The first-order valence-corrected chi connectivity index (χ1v) is 7.22. The summed E-state index contributed by atoms with van der Waals surface area (Å²) in [4.78, 5) is 13.4. The molecular formula is C13H25N3O2. The minimum Gasteiger partial charge on any atom is -0.450 e. The van der Waals surface area contributed by atoms with Crippen LogP contribution in [0.1, 0.15) is 39.0 Å². The Morgan fingerprint density at radius 1 is 1.17 bits per heavy atom. The third-order valence-electron chi connectivity index (χ3n) is 3.74. The summed E-state index contributed by atoms with van der Waals surface area (Å²) in [5.74, 6) is 0. The van der Waals surface area contributed by atoms with E-state index >= 15 is 0 Å². The maximum absolute atomic E-state index is 11.6. The molecule has 2 saturated heterocycles. The molecule has 0 saturated carbocycles. The van der Waals surface area contributed by atoms with Crippen LogP contribution >= 0.6 is 0 Å². The highest BCUT2D eigenvalue weighted by Gasteiger charge is 2.24. The van der Waals surface area contributed by atoms with Gasteiger partial charge in [-0.15, -0.1) is 0 Å². The summed E-state index contributed by atoms with van der Waals surface area (Å²) in [5, 5.41) is 2.36. The highest BCUT2D eigenvalue weighted by atomic mass is 16.6. The highest BCUT2D eigenvalue weighted by molar-refractivity contribution is 5.67. The normalized spacial score (nSPS) is 23.1. The number of nitrogens with one attached hydrogen (secondary N) is 1. The summed E-state index contributed by atoms with van der Waals surface area (Å²) in [5.41, 5.74) is 3.60. The predicted molar refractivity (Wildman–Crippen MR) is 70.2 cm³/mol. The van der Waals surface area contributed by atoms with E-state index in [-0.39, 0.29) is 6.09 Å². The molecule has 0 bridgehead atoms. The molecule has 0 aromatic heterocycles. The van der Waals surface area contributed by atoms with E-state index in [0.717, 1.165) is 39.0 Å². The Hall–Kier alpha value is -0.810. The molecule has 0 atom stereocenters. The van der Waals surface area contributed by atoms with Gasteiger partial charge in [0.2, 0.25) is 0 Å². The molecule has 18 heavy (non-hydrogen) atoms. The van der Waals surface area contributed by atoms with Gasteiger partial charge in [0.15, 0.2) is 0 Å². The van der Waals surface area contributed by atoms with Crippen LogP contribution in [0.2, 0.25) is 0 Å². The Labute approximate surface area is 109 Å². The van der Waals surface area contributed by atoms with E-state index in [1.165, 1.54) is 19.3 Å². The fourth-order valence-electron chi connectivity index (χ4n) is 2.69. The first-order chi connectivity index (χ1) is 8.79. The topological polar surface area (TPSA) is 44.8 Å². The number of nitrogens with zero attached hydrogens (tertiary/aromatic N) is 2. The second-order valence-corrected chi connectivity index (χ2v) is 5.14. The summed E-state index contributed by atoms with van der Waals surface area (Å²) in [6, 6.07) is 0.522. The van der Waals surface area contributed by atoms with E-state index in [9.17, 15) is 4.79 Å². The lowest BCUT2D eigenvalue weighted by molar-refractivity contribution is 0.0738. The number of piperidine rings is 2. The van der Waals surface area contributed by atoms with Crippen molar-refractivity contribution < 1.29 is 9.53 Å². The van der Waals surface area contributed by atoms with E-state index in [2.05, 4.69) is 10.4 Å². The molecule has 0 aliphatic carbocycles. The van der Waals surface area contributed by atoms with Gasteiger partial charge < -0.3 is 9.64 Å². The number of hydrogen-bond acceptors (Lipinski definition) is 4. The zero-order valence-corrected chi connectivity index (χ0v) is 11.4. The Morgan fingerprint density at radius 2 is 1.83 bits per heavy atom. The molecule has 5 heteroatoms. The molecule has 0 spiro atoms. The van der Waals surface area contributed by atoms with Crippen LogP contribution in [0.15, 0.2) is 0 Å². The maximum Gasteiger partial charge on any atom is 0.409 e. The van der Waals surface area contributed by atoms with Crippen molar-refractivity contribution in [1.82, 2.24) is 15.3 Å². The minimum absolute atomic E-state index is 0.158. The summed E-state index contributed by atoms with van der Waals surface area (Å²) in [6.07, 6.45) is 5.85. The minimum atomic E-state index is -0.158. The standard InChI is InChI=1S/C13H25N3O2/c1-2-18-13(17)15-10-6-12(7-11-15)14-16-8-4-3-5-9-16/h12,14H,2-11H2,1H3. The largest absolute Gasteiger partial charge is 0.450 e. The van der Waals surface area contributed by atoms with Crippen molar-refractivity contribution in [2.45, 2.75) is 45.1 Å². The van der Waals surface area contributed by atoms with Crippen molar-refractivity contribution in [1.29, 1.82) is 0 Å². The fraction of sp³-hybridized carbons (Fsp3) is 0.923. The van der Waals surface area contributed by atoms with Crippen molar-refractivity contribution in [2.24, 2.45) is 0 Å². The average Bonchev–Trinajstić information content (AvgIpc) is 2.41. The summed E-state index contributed by atoms with van der Waals surface area (Å²) in [6.45, 7) is 6.26. The van der Waals surface area contributed by atoms with Gasteiger partial charge in [-0.05, 0) is 32.6 Å². The molecule has 0 radical (unpaired) electrons. The first-order valence-electron chi connectivity index (χ1n) is 7.22. The van der Waals surface area contributed by atoms with Gasteiger partial charge in [-0.25, -0.2) is 9.80 Å². The molecule has 2 heterocycles. The third-order valence-corrected chi connectivity index (χ3v) is 3.74. The van der Waals surface area contributed by atoms with Crippen LogP contribution in [0.5, 0.6) is 0 Å². The molecule has 0 aromatic rings. The highest BCUT2D eigenvalue weighted by Crippen LogP contribution is 2.14. The molecule has 5 nitrogen and oxygen atoms in total. The molecule has 2 aliphatic heterocycles. The number of likely N-dealkylation sites (tertiary alicyclic amines) is 1. The quantitative estimate of drug-likeness (QED) is 0.832. The van der Waals surface area contributed by atoms with Crippen LogP contribution in [0.3, 0.4) is 0 Å². The van der Waals surface area contributed by atoms with Crippen LogP contribution in [0.25, 0.3) is 0 Å². The number of carbonyl (C=O) groups excluding carboxylic acids is 1. The van der Waals surface area contributed by atoms with Gasteiger partial charge in [-0.1, -0.05) is 6.42 Å². The monoisotopic (exact) mass is 255 g/mol.